The molecule has 0 unspecified atom stereocenters. The molecule has 0 saturated carbocycles. The van der Waals surface area contributed by atoms with Gasteiger partial charge in [0.2, 0.25) is 0 Å². The van der Waals surface area contributed by atoms with Crippen LogP contribution in [-0.2, 0) is 9.59 Å². The second-order valence-electron chi connectivity index (χ2n) is 2.55. The van der Waals surface area contributed by atoms with Crippen molar-refractivity contribution in [2.75, 3.05) is 0 Å². The highest BCUT2D eigenvalue weighted by atomic mass is 79.9. The molecular weight excluding hydrogens is 248 g/mol. The van der Waals surface area contributed by atoms with Gasteiger partial charge in [-0.15, -0.1) is 0 Å². The van der Waals surface area contributed by atoms with E-state index in [-0.39, 0.29) is 6.15 Å². The monoisotopic (exact) mass is 254 g/mol. The van der Waals surface area contributed by atoms with Crippen molar-refractivity contribution in [2.45, 2.75) is 6.92 Å². The summed E-state index contributed by atoms with van der Waals surface area (Å²) in [6.07, 6.45) is 2.14. The maximum absolute atomic E-state index is 8.12. The number of H-pyrrole nitrogens is 1. The first-order chi connectivity index (χ1) is 6.69. The van der Waals surface area contributed by atoms with E-state index >= 15 is 0 Å². The Hall–Kier alpha value is -1.45. The van der Waals surface area contributed by atoms with Gasteiger partial charge < -0.3 is 4.98 Å². The molecule has 2 aromatic heterocycles. The maximum atomic E-state index is 8.12. The van der Waals surface area contributed by atoms with Gasteiger partial charge in [0.1, 0.15) is 5.65 Å². The number of halogens is 1. The average molecular weight is 255 g/mol. The number of pyridine rings is 1. The highest BCUT2D eigenvalue weighted by Crippen LogP contribution is 2.19. The van der Waals surface area contributed by atoms with Crippen LogP contribution < -0.4 is 0 Å². The predicted octanol–water partition coefficient (Wildman–Crippen LogP) is 2.05. The van der Waals surface area contributed by atoms with E-state index in [2.05, 4.69) is 32.0 Å². The SMILES string of the molecule is Cc1nc2[nH]ccc2cc1Br.O=C=O. The van der Waals surface area contributed by atoms with Crippen molar-refractivity contribution >= 4 is 33.1 Å². The summed E-state index contributed by atoms with van der Waals surface area (Å²) in [5, 5.41) is 1.14. The number of aryl methyl sites for hydroxylation is 1. The molecule has 0 bridgehead atoms. The fraction of sp³-hybridized carbons (Fsp3) is 0.111. The minimum atomic E-state index is 0.250. The topological polar surface area (TPSA) is 62.8 Å². The number of aromatic nitrogens is 2. The minimum Gasteiger partial charge on any atom is -0.346 e. The van der Waals surface area contributed by atoms with Crippen LogP contribution in [0.25, 0.3) is 11.0 Å². The Morgan fingerprint density at radius 1 is 1.50 bits per heavy atom. The molecule has 72 valence electrons. The molecule has 14 heavy (non-hydrogen) atoms. The van der Waals surface area contributed by atoms with Crippen LogP contribution in [-0.4, -0.2) is 16.1 Å². The Bertz CT molecular complexity index is 437. The van der Waals surface area contributed by atoms with Crippen LogP contribution in [0.15, 0.2) is 22.8 Å². The number of rotatable bonds is 0. The number of nitrogens with one attached hydrogen (secondary N) is 1. The Kier molecular flexibility index (Phi) is 3.56. The standard InChI is InChI=1S/C8H7BrN2.CO2/c1-5-7(9)4-6-2-3-10-8(6)11-5;2-1-3/h2-4H,1H3,(H,10,11);. The lowest BCUT2D eigenvalue weighted by Gasteiger charge is -1.95. The van der Waals surface area contributed by atoms with Gasteiger partial charge in [-0.05, 0) is 35.0 Å². The number of fused-ring (bicyclic) bond motifs is 1. The molecule has 0 fully saturated rings. The van der Waals surface area contributed by atoms with E-state index in [9.17, 15) is 0 Å². The first-order valence-corrected chi connectivity index (χ1v) is 4.58. The van der Waals surface area contributed by atoms with Gasteiger partial charge in [0.15, 0.2) is 0 Å². The lowest BCUT2D eigenvalue weighted by molar-refractivity contribution is -0.191. The zero-order chi connectivity index (χ0) is 10.6. The second kappa shape index (κ2) is 4.69. The second-order valence-corrected chi connectivity index (χ2v) is 3.41. The lowest BCUT2D eigenvalue weighted by atomic mass is 10.3. The highest BCUT2D eigenvalue weighted by Gasteiger charge is 1.99. The fourth-order valence-electron chi connectivity index (χ4n) is 1.05. The van der Waals surface area contributed by atoms with Gasteiger partial charge >= 0.3 is 6.15 Å². The van der Waals surface area contributed by atoms with Crippen LogP contribution >= 0.6 is 15.9 Å². The molecule has 2 aromatic rings. The van der Waals surface area contributed by atoms with Crippen molar-refractivity contribution in [3.8, 4) is 0 Å². The first-order valence-electron chi connectivity index (χ1n) is 3.78. The normalized spacial score (nSPS) is 9.00. The van der Waals surface area contributed by atoms with Gasteiger partial charge in [0, 0.05) is 16.1 Å². The Morgan fingerprint density at radius 3 is 2.79 bits per heavy atom. The van der Waals surface area contributed by atoms with Crippen LogP contribution in [0.3, 0.4) is 0 Å². The van der Waals surface area contributed by atoms with Crippen LogP contribution in [0.2, 0.25) is 0 Å². The molecule has 1 N–H and O–H groups in total. The molecule has 2 heterocycles. The Balaban J connectivity index is 0.000000293. The smallest absolute Gasteiger partial charge is 0.346 e. The largest absolute Gasteiger partial charge is 0.373 e. The third kappa shape index (κ3) is 2.28. The first kappa shape index (κ1) is 10.6. The van der Waals surface area contributed by atoms with Gasteiger partial charge in [-0.3, -0.25) is 0 Å². The summed E-state index contributed by atoms with van der Waals surface area (Å²) >= 11 is 3.42. The highest BCUT2D eigenvalue weighted by molar-refractivity contribution is 9.10. The molecule has 0 aromatic carbocycles. The third-order valence-corrected chi connectivity index (χ3v) is 2.47. The summed E-state index contributed by atoms with van der Waals surface area (Å²) in [5.74, 6) is 0. The van der Waals surface area contributed by atoms with Crippen molar-refractivity contribution in [3.05, 3.63) is 28.5 Å². The van der Waals surface area contributed by atoms with E-state index in [1.165, 1.54) is 0 Å². The zero-order valence-corrected chi connectivity index (χ0v) is 8.96. The predicted molar refractivity (Wildman–Crippen MR) is 53.5 cm³/mol. The number of carbonyl (C=O) groups excluding carboxylic acids is 2. The minimum absolute atomic E-state index is 0.250. The third-order valence-electron chi connectivity index (χ3n) is 1.66. The fourth-order valence-corrected chi connectivity index (χ4v) is 1.38. The quantitative estimate of drug-likeness (QED) is 0.783. The van der Waals surface area contributed by atoms with Crippen LogP contribution in [0.5, 0.6) is 0 Å². The number of hydrogen-bond donors (Lipinski definition) is 1. The van der Waals surface area contributed by atoms with E-state index in [1.54, 1.807) is 0 Å². The molecule has 4 nitrogen and oxygen atoms in total. The van der Waals surface area contributed by atoms with Crippen LogP contribution in [0, 0.1) is 6.92 Å². The summed E-state index contributed by atoms with van der Waals surface area (Å²) in [6, 6.07) is 4.07. The van der Waals surface area contributed by atoms with Gasteiger partial charge in [0.25, 0.3) is 0 Å². The maximum Gasteiger partial charge on any atom is 0.373 e. The van der Waals surface area contributed by atoms with E-state index in [1.807, 2.05) is 19.2 Å². The number of aromatic amines is 1. The van der Waals surface area contributed by atoms with E-state index in [0.717, 1.165) is 21.2 Å². The van der Waals surface area contributed by atoms with E-state index < -0.39 is 0 Å². The van der Waals surface area contributed by atoms with Gasteiger partial charge in [-0.1, -0.05) is 0 Å². The molecule has 2 rings (SSSR count). The lowest BCUT2D eigenvalue weighted by Crippen LogP contribution is -1.82. The van der Waals surface area contributed by atoms with E-state index in [4.69, 9.17) is 9.59 Å². The van der Waals surface area contributed by atoms with Crippen molar-refractivity contribution < 1.29 is 9.59 Å². The molecule has 0 aliphatic rings. The van der Waals surface area contributed by atoms with Gasteiger partial charge in [-0.25, -0.2) is 4.98 Å². The summed E-state index contributed by atoms with van der Waals surface area (Å²) in [7, 11) is 0. The number of hydrogen-bond acceptors (Lipinski definition) is 3. The molecule has 0 atom stereocenters. The molecule has 0 radical (unpaired) electrons. The Labute approximate surface area is 88.5 Å². The Morgan fingerprint density at radius 2 is 2.14 bits per heavy atom. The summed E-state index contributed by atoms with van der Waals surface area (Å²) < 4.78 is 1.06. The summed E-state index contributed by atoms with van der Waals surface area (Å²) in [6.45, 7) is 1.98. The summed E-state index contributed by atoms with van der Waals surface area (Å²) in [4.78, 5) is 23.6. The molecule has 0 amide bonds. The van der Waals surface area contributed by atoms with Crippen LogP contribution in [0.4, 0.5) is 0 Å². The average Bonchev–Trinajstić information content (AvgIpc) is 2.54. The summed E-state index contributed by atoms with van der Waals surface area (Å²) in [5.41, 5.74) is 1.96. The number of nitrogens with zero attached hydrogens (tertiary/aromatic N) is 1. The van der Waals surface area contributed by atoms with Crippen molar-refractivity contribution in [3.63, 3.8) is 0 Å². The molecule has 0 spiro atoms. The molecule has 5 heteroatoms. The van der Waals surface area contributed by atoms with Gasteiger partial charge in [-0.2, -0.15) is 9.59 Å². The van der Waals surface area contributed by atoms with E-state index in [0.29, 0.717) is 0 Å². The molecule has 0 saturated heterocycles. The van der Waals surface area contributed by atoms with Crippen molar-refractivity contribution in [1.29, 1.82) is 0 Å². The molecule has 0 aliphatic carbocycles. The van der Waals surface area contributed by atoms with Gasteiger partial charge in [0.05, 0.1) is 5.69 Å². The van der Waals surface area contributed by atoms with Crippen LogP contribution in [0.1, 0.15) is 5.69 Å². The van der Waals surface area contributed by atoms with Crippen molar-refractivity contribution in [1.82, 2.24) is 9.97 Å². The molecule has 0 aliphatic heterocycles. The zero-order valence-electron chi connectivity index (χ0n) is 7.37. The van der Waals surface area contributed by atoms with Crippen molar-refractivity contribution in [2.24, 2.45) is 0 Å². The molecular formula is C9H7BrN2O2.